The minimum Gasteiger partial charge on any atom is -0.484 e. The number of carbonyl (C=O) groups is 2. The summed E-state index contributed by atoms with van der Waals surface area (Å²) in [5.41, 5.74) is 6.21. The van der Waals surface area contributed by atoms with Crippen molar-refractivity contribution in [1.82, 2.24) is 4.90 Å². The Morgan fingerprint density at radius 2 is 2.05 bits per heavy atom. The van der Waals surface area contributed by atoms with Crippen LogP contribution in [0.5, 0.6) is 5.75 Å². The van der Waals surface area contributed by atoms with Crippen molar-refractivity contribution in [1.29, 1.82) is 0 Å². The first kappa shape index (κ1) is 14.2. The first-order chi connectivity index (χ1) is 9.60. The highest BCUT2D eigenvalue weighted by atomic mass is 16.5. The van der Waals surface area contributed by atoms with Gasteiger partial charge in [0.1, 0.15) is 5.75 Å². The van der Waals surface area contributed by atoms with Crippen LogP contribution in [0.4, 0.5) is 5.69 Å². The standard InChI is InChI=1S/C14H18N2O4/c1-19-14(18)10-6-7-16(8-10)13(17)9-20-12-4-2-11(15)3-5-12/h2-5,10H,6-9,15H2,1H3. The molecule has 1 aromatic rings. The van der Waals surface area contributed by atoms with Crippen LogP contribution in [-0.4, -0.2) is 43.6 Å². The van der Waals surface area contributed by atoms with Gasteiger partial charge in [0.15, 0.2) is 6.61 Å². The molecule has 1 unspecified atom stereocenters. The lowest BCUT2D eigenvalue weighted by molar-refractivity contribution is -0.145. The van der Waals surface area contributed by atoms with E-state index in [4.69, 9.17) is 10.5 Å². The maximum atomic E-state index is 12.0. The van der Waals surface area contributed by atoms with E-state index < -0.39 is 0 Å². The Bertz CT molecular complexity index is 486. The number of methoxy groups -OCH3 is 1. The predicted octanol–water partition coefficient (Wildman–Crippen LogP) is 0.669. The smallest absolute Gasteiger partial charge is 0.310 e. The number of esters is 1. The molecule has 2 rings (SSSR count). The van der Waals surface area contributed by atoms with Gasteiger partial charge in [0, 0.05) is 18.8 Å². The van der Waals surface area contributed by atoms with Crippen LogP contribution in [0.2, 0.25) is 0 Å². The summed E-state index contributed by atoms with van der Waals surface area (Å²) < 4.78 is 10.1. The SMILES string of the molecule is COC(=O)C1CCN(C(=O)COc2ccc(N)cc2)C1. The number of anilines is 1. The van der Waals surface area contributed by atoms with Crippen LogP contribution in [-0.2, 0) is 14.3 Å². The van der Waals surface area contributed by atoms with Gasteiger partial charge in [0.25, 0.3) is 5.91 Å². The molecule has 1 aliphatic heterocycles. The average molecular weight is 278 g/mol. The minimum absolute atomic E-state index is 0.0438. The van der Waals surface area contributed by atoms with Crippen LogP contribution in [0.1, 0.15) is 6.42 Å². The van der Waals surface area contributed by atoms with Crippen molar-refractivity contribution in [3.05, 3.63) is 24.3 Å². The van der Waals surface area contributed by atoms with Crippen molar-refractivity contribution in [2.24, 2.45) is 5.92 Å². The molecule has 1 heterocycles. The lowest BCUT2D eigenvalue weighted by atomic mass is 10.1. The number of benzene rings is 1. The summed E-state index contributed by atoms with van der Waals surface area (Å²) in [5, 5.41) is 0. The average Bonchev–Trinajstić information content (AvgIpc) is 2.95. The largest absolute Gasteiger partial charge is 0.484 e. The molecule has 20 heavy (non-hydrogen) atoms. The van der Waals surface area contributed by atoms with E-state index in [0.29, 0.717) is 30.9 Å². The van der Waals surface area contributed by atoms with Gasteiger partial charge in [0.2, 0.25) is 0 Å². The van der Waals surface area contributed by atoms with E-state index in [-0.39, 0.29) is 24.4 Å². The molecular formula is C14H18N2O4. The maximum absolute atomic E-state index is 12.0. The van der Waals surface area contributed by atoms with Crippen molar-refractivity contribution < 1.29 is 19.1 Å². The highest BCUT2D eigenvalue weighted by Gasteiger charge is 2.31. The summed E-state index contributed by atoms with van der Waals surface area (Å²) in [5.74, 6) is -0.0234. The molecular weight excluding hydrogens is 260 g/mol. The molecule has 6 heteroatoms. The van der Waals surface area contributed by atoms with E-state index in [1.54, 1.807) is 29.2 Å². The number of likely N-dealkylation sites (tertiary alicyclic amines) is 1. The molecule has 1 aromatic carbocycles. The third kappa shape index (κ3) is 3.40. The molecule has 108 valence electrons. The molecule has 0 aromatic heterocycles. The number of nitrogens with two attached hydrogens (primary N) is 1. The number of carbonyl (C=O) groups excluding carboxylic acids is 2. The third-order valence-corrected chi connectivity index (χ3v) is 3.32. The Balaban J connectivity index is 1.81. The van der Waals surface area contributed by atoms with Crippen molar-refractivity contribution in [2.45, 2.75) is 6.42 Å². The van der Waals surface area contributed by atoms with Crippen LogP contribution in [0.3, 0.4) is 0 Å². The highest BCUT2D eigenvalue weighted by Crippen LogP contribution is 2.18. The van der Waals surface area contributed by atoms with Crippen LogP contribution in [0, 0.1) is 5.92 Å². The monoisotopic (exact) mass is 278 g/mol. The third-order valence-electron chi connectivity index (χ3n) is 3.32. The second-order valence-corrected chi connectivity index (χ2v) is 4.71. The summed E-state index contributed by atoms with van der Waals surface area (Å²) >= 11 is 0. The fourth-order valence-electron chi connectivity index (χ4n) is 2.15. The van der Waals surface area contributed by atoms with Gasteiger partial charge in [0.05, 0.1) is 13.0 Å². The molecule has 1 saturated heterocycles. The van der Waals surface area contributed by atoms with Gasteiger partial charge < -0.3 is 20.1 Å². The van der Waals surface area contributed by atoms with E-state index in [9.17, 15) is 9.59 Å². The number of hydrogen-bond acceptors (Lipinski definition) is 5. The van der Waals surface area contributed by atoms with Gasteiger partial charge in [-0.1, -0.05) is 0 Å². The number of rotatable bonds is 4. The van der Waals surface area contributed by atoms with Crippen LogP contribution in [0.15, 0.2) is 24.3 Å². The Labute approximate surface area is 117 Å². The molecule has 2 N–H and O–H groups in total. The van der Waals surface area contributed by atoms with Crippen molar-refractivity contribution in [2.75, 3.05) is 32.5 Å². The Kier molecular flexibility index (Phi) is 4.45. The molecule has 0 radical (unpaired) electrons. The number of nitrogens with zero attached hydrogens (tertiary/aromatic N) is 1. The van der Waals surface area contributed by atoms with Gasteiger partial charge in [-0.25, -0.2) is 0 Å². The molecule has 6 nitrogen and oxygen atoms in total. The summed E-state index contributed by atoms with van der Waals surface area (Å²) in [4.78, 5) is 25.0. The Hall–Kier alpha value is -2.24. The maximum Gasteiger partial charge on any atom is 0.310 e. The zero-order chi connectivity index (χ0) is 14.5. The normalized spacial score (nSPS) is 17.9. The first-order valence-electron chi connectivity index (χ1n) is 6.44. The molecule has 0 bridgehead atoms. The topological polar surface area (TPSA) is 81.9 Å². The first-order valence-corrected chi connectivity index (χ1v) is 6.44. The zero-order valence-electron chi connectivity index (χ0n) is 11.4. The number of ether oxygens (including phenoxy) is 2. The molecule has 1 amide bonds. The number of amides is 1. The lowest BCUT2D eigenvalue weighted by Crippen LogP contribution is -2.34. The van der Waals surface area contributed by atoms with Gasteiger partial charge >= 0.3 is 5.97 Å². The van der Waals surface area contributed by atoms with E-state index in [1.807, 2.05) is 0 Å². The number of nitrogen functional groups attached to an aromatic ring is 1. The summed E-state index contributed by atoms with van der Waals surface area (Å²) in [6.45, 7) is 0.915. The molecule has 0 spiro atoms. The van der Waals surface area contributed by atoms with Gasteiger partial charge in [-0.2, -0.15) is 0 Å². The Morgan fingerprint density at radius 3 is 2.70 bits per heavy atom. The summed E-state index contributed by atoms with van der Waals surface area (Å²) in [6, 6.07) is 6.85. The molecule has 0 saturated carbocycles. The summed E-state index contributed by atoms with van der Waals surface area (Å²) in [7, 11) is 1.36. The number of hydrogen-bond donors (Lipinski definition) is 1. The quantitative estimate of drug-likeness (QED) is 0.646. The van der Waals surface area contributed by atoms with Crippen molar-refractivity contribution in [3.63, 3.8) is 0 Å². The lowest BCUT2D eigenvalue weighted by Gasteiger charge is -2.16. The molecule has 0 aliphatic carbocycles. The second-order valence-electron chi connectivity index (χ2n) is 4.71. The van der Waals surface area contributed by atoms with Gasteiger partial charge in [-0.05, 0) is 30.7 Å². The fraction of sp³-hybridized carbons (Fsp3) is 0.429. The van der Waals surface area contributed by atoms with E-state index in [2.05, 4.69) is 4.74 Å². The fourth-order valence-corrected chi connectivity index (χ4v) is 2.15. The Morgan fingerprint density at radius 1 is 1.35 bits per heavy atom. The van der Waals surface area contributed by atoms with E-state index >= 15 is 0 Å². The van der Waals surface area contributed by atoms with Gasteiger partial charge in [-0.3, -0.25) is 9.59 Å². The zero-order valence-corrected chi connectivity index (χ0v) is 11.4. The van der Waals surface area contributed by atoms with Crippen LogP contribution in [0.25, 0.3) is 0 Å². The van der Waals surface area contributed by atoms with Crippen molar-refractivity contribution >= 4 is 17.6 Å². The van der Waals surface area contributed by atoms with E-state index in [1.165, 1.54) is 7.11 Å². The van der Waals surface area contributed by atoms with Crippen LogP contribution < -0.4 is 10.5 Å². The summed E-state index contributed by atoms with van der Waals surface area (Å²) in [6.07, 6.45) is 0.639. The van der Waals surface area contributed by atoms with Crippen molar-refractivity contribution in [3.8, 4) is 5.75 Å². The molecule has 1 atom stereocenters. The minimum atomic E-state index is -0.264. The highest BCUT2D eigenvalue weighted by molar-refractivity contribution is 5.80. The van der Waals surface area contributed by atoms with Gasteiger partial charge in [-0.15, -0.1) is 0 Å². The van der Waals surface area contributed by atoms with Crippen LogP contribution >= 0.6 is 0 Å². The van der Waals surface area contributed by atoms with E-state index in [0.717, 1.165) is 0 Å². The molecule has 1 fully saturated rings. The predicted molar refractivity (Wildman–Crippen MR) is 73.1 cm³/mol. The molecule has 1 aliphatic rings. The second kappa shape index (κ2) is 6.27.